The minimum Gasteiger partial charge on any atom is -0.354 e. The van der Waals surface area contributed by atoms with E-state index in [1.54, 1.807) is 0 Å². The summed E-state index contributed by atoms with van der Waals surface area (Å²) in [5, 5.41) is 11.4. The molecule has 0 unspecified atom stereocenters. The maximum Gasteiger partial charge on any atom is 0.245 e. The maximum atomic E-state index is 13.4. The number of nitriles is 1. The first kappa shape index (κ1) is 13.5. The van der Waals surface area contributed by atoms with Gasteiger partial charge in [0.15, 0.2) is 0 Å². The second-order valence-electron chi connectivity index (χ2n) is 3.91. The molecule has 0 atom stereocenters. The quantitative estimate of drug-likeness (QED) is 0.815. The van der Waals surface area contributed by atoms with Crippen LogP contribution in [0.2, 0.25) is 0 Å². The van der Waals surface area contributed by atoms with Crippen molar-refractivity contribution in [1.82, 2.24) is 9.62 Å². The topological polar surface area (TPSA) is 90.3 Å². The number of halogens is 1. The van der Waals surface area contributed by atoms with Crippen LogP contribution in [0, 0.1) is 17.1 Å². The Bertz CT molecular complexity index is 666. The van der Waals surface area contributed by atoms with Crippen molar-refractivity contribution in [3.05, 3.63) is 29.6 Å². The van der Waals surface area contributed by atoms with E-state index in [0.29, 0.717) is 0 Å². The fourth-order valence-electron chi connectivity index (χ4n) is 1.79. The van der Waals surface area contributed by atoms with Gasteiger partial charge in [0, 0.05) is 13.1 Å². The summed E-state index contributed by atoms with van der Waals surface area (Å²) in [6.45, 7) is -0.0472. The number of carbonyl (C=O) groups is 1. The molecule has 0 aromatic heterocycles. The second-order valence-corrected chi connectivity index (χ2v) is 5.82. The average molecular weight is 283 g/mol. The zero-order chi connectivity index (χ0) is 14.0. The minimum absolute atomic E-state index is 0.0927. The van der Waals surface area contributed by atoms with Gasteiger partial charge in [-0.15, -0.1) is 0 Å². The van der Waals surface area contributed by atoms with Crippen LogP contribution in [0.4, 0.5) is 4.39 Å². The maximum absolute atomic E-state index is 13.4. The van der Waals surface area contributed by atoms with Crippen molar-refractivity contribution in [2.24, 2.45) is 0 Å². The lowest BCUT2D eigenvalue weighted by molar-refractivity contribution is -0.122. The molecule has 0 spiro atoms. The molecule has 1 amide bonds. The number of benzene rings is 1. The summed E-state index contributed by atoms with van der Waals surface area (Å²) >= 11 is 0. The zero-order valence-electron chi connectivity index (χ0n) is 9.76. The Hall–Kier alpha value is -1.98. The van der Waals surface area contributed by atoms with Gasteiger partial charge in [0.2, 0.25) is 15.9 Å². The molecule has 1 aliphatic heterocycles. The standard InChI is InChI=1S/C11H10FN3O3S/c12-9-2-1-3-10(8(9)6-13)19(17,18)15-5-4-14-11(16)7-15/h1-3H,4-5,7H2,(H,14,16). The molecule has 0 radical (unpaired) electrons. The fourth-order valence-corrected chi connectivity index (χ4v) is 3.34. The third-order valence-corrected chi connectivity index (χ3v) is 4.60. The molecule has 0 aliphatic carbocycles. The number of sulfonamides is 1. The van der Waals surface area contributed by atoms with Gasteiger partial charge in [-0.2, -0.15) is 9.57 Å². The largest absolute Gasteiger partial charge is 0.354 e. The molecule has 6 nitrogen and oxygen atoms in total. The van der Waals surface area contributed by atoms with Gasteiger partial charge in [0.1, 0.15) is 22.3 Å². The first-order valence-corrected chi connectivity index (χ1v) is 6.86. The smallest absolute Gasteiger partial charge is 0.245 e. The van der Waals surface area contributed by atoms with Crippen molar-refractivity contribution < 1.29 is 17.6 Å². The van der Waals surface area contributed by atoms with Gasteiger partial charge < -0.3 is 5.32 Å². The number of carbonyl (C=O) groups excluding carboxylic acids is 1. The predicted molar refractivity (Wildman–Crippen MR) is 62.9 cm³/mol. The Kier molecular flexibility index (Phi) is 3.50. The van der Waals surface area contributed by atoms with Gasteiger partial charge in [-0.25, -0.2) is 12.8 Å². The molecule has 0 saturated carbocycles. The Morgan fingerprint density at radius 3 is 2.79 bits per heavy atom. The van der Waals surface area contributed by atoms with Crippen molar-refractivity contribution in [3.63, 3.8) is 0 Å². The highest BCUT2D eigenvalue weighted by atomic mass is 32.2. The number of amides is 1. The van der Waals surface area contributed by atoms with Crippen LogP contribution in [-0.2, 0) is 14.8 Å². The van der Waals surface area contributed by atoms with Crippen molar-refractivity contribution in [3.8, 4) is 6.07 Å². The summed E-state index contributed by atoms with van der Waals surface area (Å²) in [5.41, 5.74) is -0.534. The lowest BCUT2D eigenvalue weighted by atomic mass is 10.2. The van der Waals surface area contributed by atoms with E-state index in [2.05, 4.69) is 5.32 Å². The molecule has 19 heavy (non-hydrogen) atoms. The van der Waals surface area contributed by atoms with Gasteiger partial charge in [-0.05, 0) is 12.1 Å². The number of hydrogen-bond donors (Lipinski definition) is 1. The van der Waals surface area contributed by atoms with Gasteiger partial charge in [-0.1, -0.05) is 6.07 Å². The van der Waals surface area contributed by atoms with Crippen LogP contribution in [0.25, 0.3) is 0 Å². The molecule has 1 saturated heterocycles. The zero-order valence-corrected chi connectivity index (χ0v) is 10.6. The van der Waals surface area contributed by atoms with Gasteiger partial charge >= 0.3 is 0 Å². The van der Waals surface area contributed by atoms with Crippen molar-refractivity contribution in [2.45, 2.75) is 4.90 Å². The fraction of sp³-hybridized carbons (Fsp3) is 0.273. The number of rotatable bonds is 2. The van der Waals surface area contributed by atoms with Crippen LogP contribution in [0.3, 0.4) is 0 Å². The lowest BCUT2D eigenvalue weighted by Crippen LogP contribution is -2.49. The summed E-state index contributed by atoms with van der Waals surface area (Å²) in [7, 11) is -4.05. The Morgan fingerprint density at radius 2 is 2.16 bits per heavy atom. The Labute approximate surface area is 109 Å². The molecule has 0 bridgehead atoms. The third kappa shape index (κ3) is 2.43. The van der Waals surface area contributed by atoms with Crippen LogP contribution in [0.15, 0.2) is 23.1 Å². The Balaban J connectivity index is 2.49. The summed E-state index contributed by atoms with van der Waals surface area (Å²) in [5.74, 6) is -1.32. The number of hydrogen-bond acceptors (Lipinski definition) is 4. The predicted octanol–water partition coefficient (Wildman–Crippen LogP) is -0.182. The third-order valence-electron chi connectivity index (χ3n) is 2.71. The first-order chi connectivity index (χ1) is 8.96. The van der Waals surface area contributed by atoms with E-state index in [-0.39, 0.29) is 19.6 Å². The molecule has 1 aliphatic rings. The molecule has 2 rings (SSSR count). The first-order valence-electron chi connectivity index (χ1n) is 5.42. The number of nitrogens with one attached hydrogen (secondary N) is 1. The molecule has 1 heterocycles. The second kappa shape index (κ2) is 4.95. The lowest BCUT2D eigenvalue weighted by Gasteiger charge is -2.26. The van der Waals surface area contributed by atoms with E-state index in [1.807, 2.05) is 0 Å². The van der Waals surface area contributed by atoms with E-state index < -0.39 is 32.2 Å². The van der Waals surface area contributed by atoms with Crippen molar-refractivity contribution in [1.29, 1.82) is 5.26 Å². The highest BCUT2D eigenvalue weighted by Crippen LogP contribution is 2.22. The van der Waals surface area contributed by atoms with E-state index in [0.717, 1.165) is 16.4 Å². The van der Waals surface area contributed by atoms with E-state index >= 15 is 0 Å². The highest BCUT2D eigenvalue weighted by Gasteiger charge is 2.31. The van der Waals surface area contributed by atoms with Crippen LogP contribution < -0.4 is 5.32 Å². The van der Waals surface area contributed by atoms with Crippen LogP contribution in [0.1, 0.15) is 5.56 Å². The van der Waals surface area contributed by atoms with Crippen molar-refractivity contribution >= 4 is 15.9 Å². The minimum atomic E-state index is -4.05. The van der Waals surface area contributed by atoms with Crippen molar-refractivity contribution in [2.75, 3.05) is 19.6 Å². The molecule has 100 valence electrons. The van der Waals surface area contributed by atoms with Gasteiger partial charge in [0.25, 0.3) is 0 Å². The number of piperazine rings is 1. The summed E-state index contributed by atoms with van der Waals surface area (Å²) in [4.78, 5) is 10.8. The molecule has 1 aromatic carbocycles. The molecule has 1 N–H and O–H groups in total. The molecule has 8 heteroatoms. The highest BCUT2D eigenvalue weighted by molar-refractivity contribution is 7.89. The number of nitrogens with zero attached hydrogens (tertiary/aromatic N) is 2. The van der Waals surface area contributed by atoms with E-state index in [9.17, 15) is 17.6 Å². The van der Waals surface area contributed by atoms with Crippen LogP contribution in [0.5, 0.6) is 0 Å². The molecule has 1 aromatic rings. The van der Waals surface area contributed by atoms with Gasteiger partial charge in [-0.3, -0.25) is 4.79 Å². The summed E-state index contributed by atoms with van der Waals surface area (Å²) in [6, 6.07) is 4.92. The monoisotopic (exact) mass is 283 g/mol. The van der Waals surface area contributed by atoms with Gasteiger partial charge in [0.05, 0.1) is 6.54 Å². The average Bonchev–Trinajstić information content (AvgIpc) is 2.38. The molecule has 1 fully saturated rings. The summed E-state index contributed by atoms with van der Waals surface area (Å²) in [6.07, 6.45) is 0. The normalized spacial score (nSPS) is 16.7. The molecular formula is C11H10FN3O3S. The van der Waals surface area contributed by atoms with Crippen LogP contribution in [-0.4, -0.2) is 38.3 Å². The molecular weight excluding hydrogens is 273 g/mol. The Morgan fingerprint density at radius 1 is 1.42 bits per heavy atom. The summed E-state index contributed by atoms with van der Waals surface area (Å²) < 4.78 is 39.0. The SMILES string of the molecule is N#Cc1c(F)cccc1S(=O)(=O)N1CCNC(=O)C1. The van der Waals surface area contributed by atoms with E-state index in [1.165, 1.54) is 12.1 Å². The van der Waals surface area contributed by atoms with E-state index in [4.69, 9.17) is 5.26 Å². The van der Waals surface area contributed by atoms with Crippen LogP contribution >= 0.6 is 0 Å².